The first-order chi connectivity index (χ1) is 15.7. The highest BCUT2D eigenvalue weighted by Crippen LogP contribution is 2.36. The summed E-state index contributed by atoms with van der Waals surface area (Å²) in [5, 5.41) is 1.75. The third kappa shape index (κ3) is 3.76. The maximum Gasteiger partial charge on any atom is 0.225 e. The van der Waals surface area contributed by atoms with Crippen LogP contribution in [0.2, 0.25) is 5.02 Å². The van der Waals surface area contributed by atoms with Crippen LogP contribution in [-0.2, 0) is 17.8 Å². The lowest BCUT2D eigenvalue weighted by molar-refractivity contribution is -0.133. The van der Waals surface area contributed by atoms with E-state index in [2.05, 4.69) is 34.9 Å². The normalized spacial score (nSPS) is 15.6. The molecule has 5 heteroatoms. The van der Waals surface area contributed by atoms with Crippen LogP contribution in [0.1, 0.15) is 29.2 Å². The Morgan fingerprint density at radius 1 is 1.06 bits per heavy atom. The molecule has 0 bridgehead atoms. The van der Waals surface area contributed by atoms with E-state index in [-0.39, 0.29) is 11.9 Å². The lowest BCUT2D eigenvalue weighted by atomic mass is 9.88. The molecule has 162 valence electrons. The maximum atomic E-state index is 13.5. The molecule has 0 saturated heterocycles. The van der Waals surface area contributed by atoms with Crippen molar-refractivity contribution in [2.75, 3.05) is 13.7 Å². The van der Waals surface area contributed by atoms with Crippen molar-refractivity contribution in [2.45, 2.75) is 25.4 Å². The second-order valence-electron chi connectivity index (χ2n) is 8.15. The van der Waals surface area contributed by atoms with E-state index in [0.717, 1.165) is 28.6 Å². The molecular formula is C27H25ClN2O2. The van der Waals surface area contributed by atoms with Gasteiger partial charge in [0.1, 0.15) is 5.75 Å². The van der Waals surface area contributed by atoms with Crippen molar-refractivity contribution in [3.63, 3.8) is 0 Å². The molecule has 1 atom stereocenters. The SMILES string of the molecule is COc1cccc2c1ccn2CCC(=O)N1CCc2ccccc2C1c1cccc(Cl)c1. The van der Waals surface area contributed by atoms with Gasteiger partial charge in [-0.25, -0.2) is 0 Å². The lowest BCUT2D eigenvalue weighted by Gasteiger charge is -2.38. The molecule has 32 heavy (non-hydrogen) atoms. The van der Waals surface area contributed by atoms with E-state index < -0.39 is 0 Å². The maximum absolute atomic E-state index is 13.5. The fourth-order valence-corrected chi connectivity index (χ4v) is 5.00. The number of nitrogens with zero attached hydrogens (tertiary/aromatic N) is 2. The third-order valence-electron chi connectivity index (χ3n) is 6.33. The lowest BCUT2D eigenvalue weighted by Crippen LogP contribution is -2.40. The largest absolute Gasteiger partial charge is 0.496 e. The summed E-state index contributed by atoms with van der Waals surface area (Å²) < 4.78 is 7.60. The van der Waals surface area contributed by atoms with E-state index in [4.69, 9.17) is 16.3 Å². The minimum absolute atomic E-state index is 0.118. The highest BCUT2D eigenvalue weighted by atomic mass is 35.5. The van der Waals surface area contributed by atoms with Crippen LogP contribution in [0.4, 0.5) is 0 Å². The summed E-state index contributed by atoms with van der Waals surface area (Å²) in [6.45, 7) is 1.32. The minimum atomic E-state index is -0.118. The molecule has 3 aromatic carbocycles. The number of aryl methyl sites for hydroxylation is 1. The van der Waals surface area contributed by atoms with Crippen LogP contribution in [0.15, 0.2) is 79.0 Å². The molecule has 0 aliphatic carbocycles. The molecule has 1 aromatic heterocycles. The Morgan fingerprint density at radius 2 is 1.91 bits per heavy atom. The standard InChI is InChI=1S/C27H25ClN2O2/c1-32-25-11-5-10-24-23(25)13-15-29(24)16-14-26(31)30-17-12-19-6-2-3-9-22(19)27(30)20-7-4-8-21(28)18-20/h2-11,13,15,18,27H,12,14,16-17H2,1H3. The number of methoxy groups -OCH3 is 1. The molecule has 0 radical (unpaired) electrons. The van der Waals surface area contributed by atoms with Crippen molar-refractivity contribution < 1.29 is 9.53 Å². The number of ether oxygens (including phenoxy) is 1. The topological polar surface area (TPSA) is 34.5 Å². The molecule has 1 aliphatic rings. The summed E-state index contributed by atoms with van der Waals surface area (Å²) in [6.07, 6.45) is 3.32. The van der Waals surface area contributed by atoms with E-state index in [1.165, 1.54) is 11.1 Å². The van der Waals surface area contributed by atoms with E-state index in [0.29, 0.717) is 24.5 Å². The first-order valence-corrected chi connectivity index (χ1v) is 11.3. The zero-order valence-electron chi connectivity index (χ0n) is 18.0. The Balaban J connectivity index is 1.42. The van der Waals surface area contributed by atoms with E-state index in [1.807, 2.05) is 53.6 Å². The summed E-state index contributed by atoms with van der Waals surface area (Å²) in [5.74, 6) is 0.996. The number of benzene rings is 3. The van der Waals surface area contributed by atoms with Gasteiger partial charge in [0.25, 0.3) is 0 Å². The first kappa shape index (κ1) is 20.7. The fourth-order valence-electron chi connectivity index (χ4n) is 4.80. The number of carbonyl (C=O) groups is 1. The van der Waals surface area contributed by atoms with Gasteiger partial charge in [0.2, 0.25) is 5.91 Å². The molecule has 2 heterocycles. The summed E-state index contributed by atoms with van der Waals surface area (Å²) in [6, 6.07) is 24.2. The quantitative estimate of drug-likeness (QED) is 0.386. The van der Waals surface area contributed by atoms with Crippen molar-refractivity contribution >= 4 is 28.4 Å². The minimum Gasteiger partial charge on any atom is -0.496 e. The van der Waals surface area contributed by atoms with Gasteiger partial charge in [-0.3, -0.25) is 4.79 Å². The van der Waals surface area contributed by atoms with Gasteiger partial charge in [0, 0.05) is 36.1 Å². The number of hydrogen-bond donors (Lipinski definition) is 0. The number of carbonyl (C=O) groups excluding carboxylic acids is 1. The molecule has 4 nitrogen and oxygen atoms in total. The van der Waals surface area contributed by atoms with Crippen molar-refractivity contribution in [2.24, 2.45) is 0 Å². The predicted molar refractivity (Wildman–Crippen MR) is 128 cm³/mol. The Bertz CT molecular complexity index is 1280. The van der Waals surface area contributed by atoms with Gasteiger partial charge in [-0.2, -0.15) is 0 Å². The molecule has 0 spiro atoms. The van der Waals surface area contributed by atoms with Gasteiger partial charge < -0.3 is 14.2 Å². The number of amides is 1. The number of halogens is 1. The summed E-state index contributed by atoms with van der Waals surface area (Å²) in [4.78, 5) is 15.5. The zero-order chi connectivity index (χ0) is 22.1. The number of fused-ring (bicyclic) bond motifs is 2. The number of rotatable bonds is 5. The summed E-state index contributed by atoms with van der Waals surface area (Å²) in [7, 11) is 1.68. The van der Waals surface area contributed by atoms with Crippen LogP contribution in [0.25, 0.3) is 10.9 Å². The van der Waals surface area contributed by atoms with Gasteiger partial charge in [-0.15, -0.1) is 0 Å². The summed E-state index contributed by atoms with van der Waals surface area (Å²) >= 11 is 6.31. The highest BCUT2D eigenvalue weighted by Gasteiger charge is 2.31. The van der Waals surface area contributed by atoms with Gasteiger partial charge in [0.15, 0.2) is 0 Å². The van der Waals surface area contributed by atoms with E-state index in [9.17, 15) is 4.79 Å². The monoisotopic (exact) mass is 444 g/mol. The van der Waals surface area contributed by atoms with Crippen LogP contribution in [-0.4, -0.2) is 29.0 Å². The van der Waals surface area contributed by atoms with Crippen LogP contribution in [0.3, 0.4) is 0 Å². The van der Waals surface area contributed by atoms with Crippen LogP contribution in [0.5, 0.6) is 5.75 Å². The molecule has 5 rings (SSSR count). The summed E-state index contributed by atoms with van der Waals surface area (Å²) in [5.41, 5.74) is 4.61. The van der Waals surface area contributed by atoms with Gasteiger partial charge in [-0.05, 0) is 53.4 Å². The average molecular weight is 445 g/mol. The van der Waals surface area contributed by atoms with Crippen LogP contribution < -0.4 is 4.74 Å². The van der Waals surface area contributed by atoms with Crippen LogP contribution in [0, 0.1) is 0 Å². The molecular weight excluding hydrogens is 420 g/mol. The van der Waals surface area contributed by atoms with Gasteiger partial charge >= 0.3 is 0 Å². The fraction of sp³-hybridized carbons (Fsp3) is 0.222. The highest BCUT2D eigenvalue weighted by molar-refractivity contribution is 6.30. The van der Waals surface area contributed by atoms with Gasteiger partial charge in [0.05, 0.1) is 18.7 Å². The van der Waals surface area contributed by atoms with Gasteiger partial charge in [-0.1, -0.05) is 54.1 Å². The number of aromatic nitrogens is 1. The average Bonchev–Trinajstić information content (AvgIpc) is 3.25. The second kappa shape index (κ2) is 8.71. The molecule has 0 saturated carbocycles. The molecule has 0 fully saturated rings. The number of hydrogen-bond acceptors (Lipinski definition) is 2. The van der Waals surface area contributed by atoms with E-state index in [1.54, 1.807) is 7.11 Å². The molecule has 0 N–H and O–H groups in total. The van der Waals surface area contributed by atoms with Crippen molar-refractivity contribution in [3.8, 4) is 5.75 Å². The molecule has 1 amide bonds. The Labute approximate surface area is 193 Å². The van der Waals surface area contributed by atoms with Crippen molar-refractivity contribution in [1.82, 2.24) is 9.47 Å². The second-order valence-corrected chi connectivity index (χ2v) is 8.58. The van der Waals surface area contributed by atoms with E-state index >= 15 is 0 Å². The zero-order valence-corrected chi connectivity index (χ0v) is 18.8. The van der Waals surface area contributed by atoms with Crippen molar-refractivity contribution in [1.29, 1.82) is 0 Å². The smallest absolute Gasteiger partial charge is 0.225 e. The molecule has 1 unspecified atom stereocenters. The van der Waals surface area contributed by atoms with Crippen LogP contribution >= 0.6 is 11.6 Å². The predicted octanol–water partition coefficient (Wildman–Crippen LogP) is 5.87. The Hall–Kier alpha value is -3.24. The first-order valence-electron chi connectivity index (χ1n) is 10.9. The Kier molecular flexibility index (Phi) is 5.62. The molecule has 1 aliphatic heterocycles. The van der Waals surface area contributed by atoms with Crippen molar-refractivity contribution in [3.05, 3.63) is 101 Å². The molecule has 4 aromatic rings. The Morgan fingerprint density at radius 3 is 2.75 bits per heavy atom. The third-order valence-corrected chi connectivity index (χ3v) is 6.56.